The normalized spacial score (nSPS) is 25.0. The summed E-state index contributed by atoms with van der Waals surface area (Å²) in [5, 5.41) is 19.2. The fourth-order valence-corrected chi connectivity index (χ4v) is 1.94. The van der Waals surface area contributed by atoms with E-state index in [0.717, 1.165) is 6.08 Å². The summed E-state index contributed by atoms with van der Waals surface area (Å²) >= 11 is 0. The summed E-state index contributed by atoms with van der Waals surface area (Å²) in [6, 6.07) is 0. The van der Waals surface area contributed by atoms with Crippen molar-refractivity contribution in [3.8, 4) is 0 Å². The van der Waals surface area contributed by atoms with Crippen LogP contribution in [0.2, 0.25) is 0 Å². The summed E-state index contributed by atoms with van der Waals surface area (Å²) in [5.74, 6) is -1.61. The number of aliphatic hydroxyl groups is 1. The number of rotatable bonds is 7. The van der Waals surface area contributed by atoms with Gasteiger partial charge in [-0.2, -0.15) is 0 Å². The van der Waals surface area contributed by atoms with Crippen molar-refractivity contribution < 1.29 is 24.5 Å². The number of ether oxygens (including phenoxy) is 1. The molecule has 0 aromatic heterocycles. The van der Waals surface area contributed by atoms with Crippen molar-refractivity contribution in [2.24, 2.45) is 0 Å². The fourth-order valence-electron chi connectivity index (χ4n) is 1.94. The second-order valence-corrected chi connectivity index (χ2v) is 4.79. The Balaban J connectivity index is 2.92. The van der Waals surface area contributed by atoms with Crippen LogP contribution in [0.3, 0.4) is 0 Å². The van der Waals surface area contributed by atoms with E-state index in [1.807, 2.05) is 19.1 Å². The lowest BCUT2D eigenvalue weighted by atomic mass is 9.85. The topological polar surface area (TPSA) is 83.8 Å². The van der Waals surface area contributed by atoms with E-state index in [4.69, 9.17) is 9.84 Å². The molecule has 0 heterocycles. The molecule has 0 saturated carbocycles. The molecule has 5 heteroatoms. The number of allylic oxidation sites excluding steroid dienone is 8. The lowest BCUT2D eigenvalue weighted by Crippen LogP contribution is -2.48. The monoisotopic (exact) mass is 316 g/mol. The van der Waals surface area contributed by atoms with Crippen LogP contribution in [0.5, 0.6) is 0 Å². The van der Waals surface area contributed by atoms with Crippen LogP contribution in [0.1, 0.15) is 6.92 Å². The van der Waals surface area contributed by atoms with Crippen molar-refractivity contribution >= 4 is 11.8 Å². The van der Waals surface area contributed by atoms with Gasteiger partial charge in [-0.3, -0.25) is 4.79 Å². The zero-order valence-electron chi connectivity index (χ0n) is 13.0. The maximum Gasteiger partial charge on any atom is 0.328 e. The number of carboxylic acids is 1. The first kappa shape index (κ1) is 18.5. The first-order chi connectivity index (χ1) is 10.9. The minimum absolute atomic E-state index is 0.525. The molecular formula is C18H20O5. The van der Waals surface area contributed by atoms with Crippen LogP contribution < -0.4 is 0 Å². The minimum atomic E-state index is -1.82. The number of carbonyl (C=O) groups is 2. The van der Waals surface area contributed by atoms with E-state index in [-0.39, 0.29) is 0 Å². The summed E-state index contributed by atoms with van der Waals surface area (Å²) in [7, 11) is 1.37. The number of ketones is 1. The van der Waals surface area contributed by atoms with Crippen molar-refractivity contribution in [1.29, 1.82) is 0 Å². The van der Waals surface area contributed by atoms with Crippen molar-refractivity contribution in [2.75, 3.05) is 7.11 Å². The summed E-state index contributed by atoms with van der Waals surface area (Å²) in [6.45, 7) is 1.88. The number of carboxylic acid groups (broad SMARTS) is 1. The molecule has 0 radical (unpaired) electrons. The Hall–Kier alpha value is -2.50. The van der Waals surface area contributed by atoms with Gasteiger partial charge in [0.05, 0.1) is 0 Å². The fraction of sp³-hybridized carbons (Fsp3) is 0.222. The molecule has 0 saturated heterocycles. The van der Waals surface area contributed by atoms with Gasteiger partial charge in [0, 0.05) is 13.2 Å². The third-order valence-electron chi connectivity index (χ3n) is 3.15. The summed E-state index contributed by atoms with van der Waals surface area (Å²) in [5.41, 5.74) is -1.28. The van der Waals surface area contributed by atoms with Crippen LogP contribution in [0.25, 0.3) is 0 Å². The number of hydrogen-bond acceptors (Lipinski definition) is 4. The molecule has 2 atom stereocenters. The van der Waals surface area contributed by atoms with Crippen molar-refractivity contribution in [3.63, 3.8) is 0 Å². The van der Waals surface area contributed by atoms with Gasteiger partial charge in [-0.25, -0.2) is 4.79 Å². The predicted octanol–water partition coefficient (Wildman–Crippen LogP) is 2.13. The Morgan fingerprint density at radius 1 is 1.22 bits per heavy atom. The molecule has 0 aromatic carbocycles. The van der Waals surface area contributed by atoms with Gasteiger partial charge in [0.15, 0.2) is 11.4 Å². The molecule has 2 N–H and O–H groups in total. The zero-order chi connectivity index (χ0) is 17.3. The first-order valence-electron chi connectivity index (χ1n) is 7.01. The first-order valence-corrected chi connectivity index (χ1v) is 7.01. The molecule has 0 spiro atoms. The maximum atomic E-state index is 12.2. The Morgan fingerprint density at radius 3 is 2.52 bits per heavy atom. The van der Waals surface area contributed by atoms with Gasteiger partial charge >= 0.3 is 5.97 Å². The highest BCUT2D eigenvalue weighted by molar-refractivity contribution is 6.00. The minimum Gasteiger partial charge on any atom is -0.478 e. The lowest BCUT2D eigenvalue weighted by Gasteiger charge is -2.31. The summed E-state index contributed by atoms with van der Waals surface area (Å²) in [4.78, 5) is 22.8. The van der Waals surface area contributed by atoms with E-state index < -0.39 is 23.5 Å². The number of methoxy groups -OCH3 is 1. The van der Waals surface area contributed by atoms with Crippen LogP contribution >= 0.6 is 0 Å². The highest BCUT2D eigenvalue weighted by Crippen LogP contribution is 2.26. The van der Waals surface area contributed by atoms with Crippen LogP contribution in [-0.4, -0.2) is 40.8 Å². The van der Waals surface area contributed by atoms with Crippen LogP contribution in [0.4, 0.5) is 0 Å². The van der Waals surface area contributed by atoms with Crippen molar-refractivity contribution in [1.82, 2.24) is 0 Å². The van der Waals surface area contributed by atoms with Gasteiger partial charge in [-0.05, 0) is 36.8 Å². The average molecular weight is 316 g/mol. The van der Waals surface area contributed by atoms with Gasteiger partial charge in [-0.15, -0.1) is 0 Å². The molecule has 0 fully saturated rings. The van der Waals surface area contributed by atoms with Gasteiger partial charge in [0.2, 0.25) is 0 Å². The largest absolute Gasteiger partial charge is 0.478 e. The molecule has 0 aliphatic heterocycles. The smallest absolute Gasteiger partial charge is 0.328 e. The van der Waals surface area contributed by atoms with E-state index in [1.165, 1.54) is 43.6 Å². The van der Waals surface area contributed by atoms with E-state index in [0.29, 0.717) is 5.57 Å². The molecule has 122 valence electrons. The molecule has 2 unspecified atom stereocenters. The average Bonchev–Trinajstić information content (AvgIpc) is 2.53. The van der Waals surface area contributed by atoms with E-state index in [2.05, 4.69) is 0 Å². The third kappa shape index (κ3) is 5.32. The number of carbonyl (C=O) groups excluding carboxylic acids is 1. The molecule has 0 bridgehead atoms. The molecule has 1 rings (SSSR count). The number of hydrogen-bond donors (Lipinski definition) is 2. The van der Waals surface area contributed by atoms with Crippen LogP contribution in [0.15, 0.2) is 72.4 Å². The molecule has 0 aromatic rings. The SMILES string of the molecule is CC=CC=CC=CC(=O)C1(O)C=CC(/C=C/C(=O)O)=CC1OC. The molecular weight excluding hydrogens is 296 g/mol. The molecule has 0 amide bonds. The standard InChI is InChI=1S/C18H20O5/c1-3-4-5-6-7-8-15(19)18(22)12-11-14(9-10-17(20)21)13-16(18)23-2/h3-13,16,22H,1-2H3,(H,20,21)/b4-3?,6-5?,8-7?,10-9+. The summed E-state index contributed by atoms with van der Waals surface area (Å²) in [6.07, 6.45) is 15.6. The third-order valence-corrected chi connectivity index (χ3v) is 3.15. The van der Waals surface area contributed by atoms with Crippen molar-refractivity contribution in [3.05, 3.63) is 72.4 Å². The Labute approximate surface area is 135 Å². The zero-order valence-corrected chi connectivity index (χ0v) is 13.0. The van der Waals surface area contributed by atoms with Crippen LogP contribution in [0, 0.1) is 0 Å². The van der Waals surface area contributed by atoms with Gasteiger partial charge < -0.3 is 14.9 Å². The maximum absolute atomic E-state index is 12.2. The highest BCUT2D eigenvalue weighted by atomic mass is 16.5. The molecule has 1 aliphatic rings. The highest BCUT2D eigenvalue weighted by Gasteiger charge is 2.41. The lowest BCUT2D eigenvalue weighted by molar-refractivity contribution is -0.136. The number of aliphatic carboxylic acids is 1. The van der Waals surface area contributed by atoms with E-state index >= 15 is 0 Å². The van der Waals surface area contributed by atoms with E-state index in [9.17, 15) is 14.7 Å². The van der Waals surface area contributed by atoms with E-state index in [1.54, 1.807) is 12.2 Å². The second-order valence-electron chi connectivity index (χ2n) is 4.79. The second kappa shape index (κ2) is 8.82. The van der Waals surface area contributed by atoms with Crippen molar-refractivity contribution in [2.45, 2.75) is 18.6 Å². The Kier molecular flexibility index (Phi) is 7.12. The quantitative estimate of drug-likeness (QED) is 0.555. The van der Waals surface area contributed by atoms with Crippen LogP contribution in [-0.2, 0) is 14.3 Å². The Morgan fingerprint density at radius 2 is 1.91 bits per heavy atom. The Bertz CT molecular complexity index is 619. The summed E-state index contributed by atoms with van der Waals surface area (Å²) < 4.78 is 5.17. The molecule has 5 nitrogen and oxygen atoms in total. The predicted molar refractivity (Wildman–Crippen MR) is 87.8 cm³/mol. The van der Waals surface area contributed by atoms with Gasteiger partial charge in [-0.1, -0.05) is 36.5 Å². The van der Waals surface area contributed by atoms with Gasteiger partial charge in [0.1, 0.15) is 6.10 Å². The molecule has 23 heavy (non-hydrogen) atoms. The van der Waals surface area contributed by atoms with Gasteiger partial charge in [0.25, 0.3) is 0 Å². The molecule has 1 aliphatic carbocycles.